The molecule has 6 nitrogen and oxygen atoms in total. The van der Waals surface area contributed by atoms with Gasteiger partial charge in [0.15, 0.2) is 0 Å². The van der Waals surface area contributed by atoms with E-state index in [0.717, 1.165) is 18.5 Å². The summed E-state index contributed by atoms with van der Waals surface area (Å²) in [4.78, 5) is 31.0. The number of hydrogen-bond acceptors (Lipinski definition) is 4. The van der Waals surface area contributed by atoms with Crippen LogP contribution in [-0.4, -0.2) is 43.1 Å². The smallest absolute Gasteiger partial charge is 0.354 e. The summed E-state index contributed by atoms with van der Waals surface area (Å²) >= 11 is 0. The first-order chi connectivity index (χ1) is 12.1. The van der Waals surface area contributed by atoms with Gasteiger partial charge in [0, 0.05) is 19.1 Å². The van der Waals surface area contributed by atoms with Gasteiger partial charge in [0.25, 0.3) is 5.91 Å². The van der Waals surface area contributed by atoms with E-state index in [1.165, 1.54) is 25.3 Å². The van der Waals surface area contributed by atoms with E-state index >= 15 is 0 Å². The molecule has 25 heavy (non-hydrogen) atoms. The Labute approximate surface area is 144 Å². The van der Waals surface area contributed by atoms with Crippen LogP contribution >= 0.6 is 0 Å². The Morgan fingerprint density at radius 1 is 1.12 bits per heavy atom. The quantitative estimate of drug-likeness (QED) is 0.870. The van der Waals surface area contributed by atoms with Crippen molar-refractivity contribution in [1.82, 2.24) is 4.98 Å². The average Bonchev–Trinajstić information content (AvgIpc) is 3.35. The van der Waals surface area contributed by atoms with Crippen molar-refractivity contribution < 1.29 is 18.7 Å². The third-order valence-electron chi connectivity index (χ3n) is 4.66. The number of carbonyl (C=O) groups is 2. The number of methoxy groups -OCH3 is 1. The topological polar surface area (TPSA) is 65.6 Å². The second kappa shape index (κ2) is 5.91. The van der Waals surface area contributed by atoms with Crippen molar-refractivity contribution in [3.05, 3.63) is 47.5 Å². The van der Waals surface area contributed by atoms with E-state index in [4.69, 9.17) is 0 Å². The minimum atomic E-state index is -0.538. The number of esters is 1. The molecule has 0 saturated heterocycles. The van der Waals surface area contributed by atoms with Gasteiger partial charge in [0.1, 0.15) is 17.2 Å². The fourth-order valence-electron chi connectivity index (χ4n) is 3.27. The molecule has 0 spiro atoms. The van der Waals surface area contributed by atoms with Crippen LogP contribution in [-0.2, 0) is 4.74 Å². The van der Waals surface area contributed by atoms with Crippen molar-refractivity contribution in [3.8, 4) is 0 Å². The normalized spacial score (nSPS) is 16.6. The molecule has 0 radical (unpaired) electrons. The third kappa shape index (κ3) is 2.75. The highest BCUT2D eigenvalue weighted by molar-refractivity contribution is 6.08. The van der Waals surface area contributed by atoms with Crippen molar-refractivity contribution in [1.29, 1.82) is 0 Å². The van der Waals surface area contributed by atoms with Crippen LogP contribution in [0.2, 0.25) is 0 Å². The van der Waals surface area contributed by atoms with Gasteiger partial charge >= 0.3 is 5.97 Å². The Bertz CT molecular complexity index is 844. The maximum Gasteiger partial charge on any atom is 0.354 e. The summed E-state index contributed by atoms with van der Waals surface area (Å²) in [5, 5.41) is 0. The first-order valence-corrected chi connectivity index (χ1v) is 8.24. The molecule has 1 saturated carbocycles. The van der Waals surface area contributed by atoms with E-state index in [1.54, 1.807) is 17.0 Å². The number of H-pyrrole nitrogens is 1. The zero-order valence-corrected chi connectivity index (χ0v) is 13.8. The van der Waals surface area contributed by atoms with Crippen molar-refractivity contribution in [3.63, 3.8) is 0 Å². The number of amides is 1. The van der Waals surface area contributed by atoms with Crippen LogP contribution in [0, 0.1) is 5.82 Å². The predicted molar refractivity (Wildman–Crippen MR) is 90.6 cm³/mol. The summed E-state index contributed by atoms with van der Waals surface area (Å²) in [6, 6.07) is 8.08. The van der Waals surface area contributed by atoms with E-state index in [2.05, 4.69) is 14.6 Å². The number of aromatic amines is 1. The molecule has 1 N–H and O–H groups in total. The number of halogens is 1. The molecule has 0 unspecified atom stereocenters. The number of nitrogens with one attached hydrogen (secondary N) is 1. The number of ether oxygens (including phenoxy) is 1. The molecule has 2 aromatic rings. The SMILES string of the molecule is COC(=O)c1ccc(C(=O)N2CCN(C3CC3)c3ccc(F)cc32)[nH]1. The standard InChI is InChI=1S/C18H18FN3O3/c1-25-18(24)14-6-5-13(20-14)17(23)22-9-8-21(12-3-4-12)15-7-2-11(19)10-16(15)22/h2,5-7,10,12,20H,3-4,8-9H2,1H3. The van der Waals surface area contributed by atoms with Gasteiger partial charge in [-0.2, -0.15) is 0 Å². The minimum absolute atomic E-state index is 0.210. The van der Waals surface area contributed by atoms with Gasteiger partial charge in [0.2, 0.25) is 0 Å². The van der Waals surface area contributed by atoms with Gasteiger partial charge < -0.3 is 19.5 Å². The lowest BCUT2D eigenvalue weighted by Crippen LogP contribution is -2.45. The first-order valence-electron chi connectivity index (χ1n) is 8.24. The Kier molecular flexibility index (Phi) is 3.71. The number of hydrogen-bond donors (Lipinski definition) is 1. The maximum atomic E-state index is 13.8. The molecule has 130 valence electrons. The fourth-order valence-corrected chi connectivity index (χ4v) is 3.27. The Balaban J connectivity index is 1.67. The Morgan fingerprint density at radius 2 is 1.88 bits per heavy atom. The molecule has 1 aromatic heterocycles. The van der Waals surface area contributed by atoms with Crippen LogP contribution in [0.25, 0.3) is 0 Å². The summed E-state index contributed by atoms with van der Waals surface area (Å²) in [5.74, 6) is -1.21. The van der Waals surface area contributed by atoms with Crippen LogP contribution in [0.4, 0.5) is 15.8 Å². The lowest BCUT2D eigenvalue weighted by molar-refractivity contribution is 0.0595. The number of nitrogens with zero attached hydrogens (tertiary/aromatic N) is 2. The molecule has 1 aromatic carbocycles. The van der Waals surface area contributed by atoms with E-state index in [-0.39, 0.29) is 23.1 Å². The molecule has 2 heterocycles. The van der Waals surface area contributed by atoms with Gasteiger partial charge in [-0.1, -0.05) is 0 Å². The summed E-state index contributed by atoms with van der Waals surface area (Å²) in [6.45, 7) is 1.18. The highest BCUT2D eigenvalue weighted by Crippen LogP contribution is 2.40. The van der Waals surface area contributed by atoms with E-state index in [1.807, 2.05) is 0 Å². The second-order valence-corrected chi connectivity index (χ2v) is 6.29. The number of aromatic nitrogens is 1. The molecule has 7 heteroatoms. The zero-order valence-electron chi connectivity index (χ0n) is 13.8. The van der Waals surface area contributed by atoms with Gasteiger partial charge in [-0.25, -0.2) is 9.18 Å². The summed E-state index contributed by atoms with van der Waals surface area (Å²) < 4.78 is 18.5. The molecular weight excluding hydrogens is 325 g/mol. The zero-order chi connectivity index (χ0) is 17.6. The largest absolute Gasteiger partial charge is 0.464 e. The molecule has 1 amide bonds. The number of fused-ring (bicyclic) bond motifs is 1. The van der Waals surface area contributed by atoms with Crippen molar-refractivity contribution in [2.45, 2.75) is 18.9 Å². The van der Waals surface area contributed by atoms with Crippen LogP contribution in [0.1, 0.15) is 33.8 Å². The molecule has 1 aliphatic carbocycles. The van der Waals surface area contributed by atoms with Crippen molar-refractivity contribution >= 4 is 23.3 Å². The lowest BCUT2D eigenvalue weighted by Gasteiger charge is -2.37. The van der Waals surface area contributed by atoms with Gasteiger partial charge in [-0.3, -0.25) is 4.79 Å². The summed E-state index contributed by atoms with van der Waals surface area (Å²) in [7, 11) is 1.28. The van der Waals surface area contributed by atoms with Crippen LogP contribution < -0.4 is 9.80 Å². The number of rotatable bonds is 3. The average molecular weight is 343 g/mol. The van der Waals surface area contributed by atoms with E-state index in [9.17, 15) is 14.0 Å². The van der Waals surface area contributed by atoms with Gasteiger partial charge in [-0.15, -0.1) is 0 Å². The van der Waals surface area contributed by atoms with Crippen LogP contribution in [0.15, 0.2) is 30.3 Å². The van der Waals surface area contributed by atoms with E-state index < -0.39 is 5.97 Å². The van der Waals surface area contributed by atoms with Gasteiger partial charge in [0.05, 0.1) is 18.5 Å². The van der Waals surface area contributed by atoms with Crippen molar-refractivity contribution in [2.75, 3.05) is 30.0 Å². The molecule has 2 aliphatic rings. The van der Waals surface area contributed by atoms with E-state index in [0.29, 0.717) is 24.8 Å². The predicted octanol–water partition coefficient (Wildman–Crippen LogP) is 2.57. The lowest BCUT2D eigenvalue weighted by atomic mass is 10.1. The van der Waals surface area contributed by atoms with Crippen molar-refractivity contribution in [2.24, 2.45) is 0 Å². The highest BCUT2D eigenvalue weighted by atomic mass is 19.1. The number of anilines is 2. The maximum absolute atomic E-state index is 13.8. The summed E-state index contributed by atoms with van der Waals surface area (Å²) in [6.07, 6.45) is 2.26. The molecule has 1 fully saturated rings. The third-order valence-corrected chi connectivity index (χ3v) is 4.66. The Hall–Kier alpha value is -2.83. The highest BCUT2D eigenvalue weighted by Gasteiger charge is 2.36. The number of carbonyl (C=O) groups excluding carboxylic acids is 2. The molecule has 4 rings (SSSR count). The first kappa shape index (κ1) is 15.7. The second-order valence-electron chi connectivity index (χ2n) is 6.29. The molecule has 1 aliphatic heterocycles. The molecule has 0 atom stereocenters. The fraction of sp³-hybridized carbons (Fsp3) is 0.333. The number of benzene rings is 1. The van der Waals surface area contributed by atoms with Gasteiger partial charge in [-0.05, 0) is 43.2 Å². The molecular formula is C18H18FN3O3. The minimum Gasteiger partial charge on any atom is -0.464 e. The van der Waals surface area contributed by atoms with Crippen LogP contribution in [0.5, 0.6) is 0 Å². The summed E-state index contributed by atoms with van der Waals surface area (Å²) in [5.41, 5.74) is 1.93. The Morgan fingerprint density at radius 3 is 2.60 bits per heavy atom. The van der Waals surface area contributed by atoms with Crippen LogP contribution in [0.3, 0.4) is 0 Å². The molecule has 0 bridgehead atoms. The monoisotopic (exact) mass is 343 g/mol.